The first-order valence-electron chi connectivity index (χ1n) is 6.22. The zero-order chi connectivity index (χ0) is 14.9. The van der Waals surface area contributed by atoms with Gasteiger partial charge < -0.3 is 11.1 Å². The van der Waals surface area contributed by atoms with E-state index in [1.165, 1.54) is 0 Å². The molecule has 0 heterocycles. The fourth-order valence-corrected chi connectivity index (χ4v) is 3.66. The SMILES string of the molecule is Nc1cc(Br)c(NC(=O)C2CCC(F)(F)CC2)c(Br)c1. The van der Waals surface area contributed by atoms with E-state index >= 15 is 0 Å². The minimum absolute atomic E-state index is 0.211. The van der Waals surface area contributed by atoms with Crippen molar-refractivity contribution in [3.05, 3.63) is 21.1 Å². The average molecular weight is 412 g/mol. The average Bonchev–Trinajstić information content (AvgIpc) is 2.33. The van der Waals surface area contributed by atoms with Gasteiger partial charge in [-0.2, -0.15) is 0 Å². The van der Waals surface area contributed by atoms with Crippen molar-refractivity contribution in [3.8, 4) is 0 Å². The molecule has 0 aliphatic heterocycles. The van der Waals surface area contributed by atoms with Crippen LogP contribution in [0.1, 0.15) is 25.7 Å². The molecular formula is C13H14Br2F2N2O. The molecule has 2 rings (SSSR count). The van der Waals surface area contributed by atoms with E-state index in [9.17, 15) is 13.6 Å². The highest BCUT2D eigenvalue weighted by atomic mass is 79.9. The third-order valence-electron chi connectivity index (χ3n) is 3.40. The molecule has 1 amide bonds. The molecule has 0 spiro atoms. The zero-order valence-electron chi connectivity index (χ0n) is 10.6. The Balaban J connectivity index is 2.06. The van der Waals surface area contributed by atoms with Crippen molar-refractivity contribution >= 4 is 49.1 Å². The summed E-state index contributed by atoms with van der Waals surface area (Å²) in [4.78, 5) is 12.1. The predicted octanol–water partition coefficient (Wildman–Crippen LogP) is 4.56. The van der Waals surface area contributed by atoms with E-state index in [4.69, 9.17) is 5.73 Å². The smallest absolute Gasteiger partial charge is 0.248 e. The van der Waals surface area contributed by atoms with Gasteiger partial charge in [-0.25, -0.2) is 8.78 Å². The Hall–Kier alpha value is -0.690. The number of carbonyl (C=O) groups excluding carboxylic acids is 1. The van der Waals surface area contributed by atoms with Gasteiger partial charge in [0.2, 0.25) is 11.8 Å². The van der Waals surface area contributed by atoms with Crippen molar-refractivity contribution < 1.29 is 13.6 Å². The lowest BCUT2D eigenvalue weighted by Crippen LogP contribution is -2.32. The summed E-state index contributed by atoms with van der Waals surface area (Å²) in [5, 5.41) is 2.77. The Labute approximate surface area is 132 Å². The lowest BCUT2D eigenvalue weighted by Gasteiger charge is -2.27. The number of hydrogen-bond acceptors (Lipinski definition) is 2. The van der Waals surface area contributed by atoms with Crippen LogP contribution in [0, 0.1) is 5.92 Å². The van der Waals surface area contributed by atoms with Crippen LogP contribution in [0.15, 0.2) is 21.1 Å². The summed E-state index contributed by atoms with van der Waals surface area (Å²) in [5.41, 5.74) is 6.80. The number of rotatable bonds is 2. The van der Waals surface area contributed by atoms with Gasteiger partial charge in [-0.3, -0.25) is 4.79 Å². The van der Waals surface area contributed by atoms with Gasteiger partial charge in [-0.1, -0.05) is 0 Å². The Morgan fingerprint density at radius 2 is 1.75 bits per heavy atom. The van der Waals surface area contributed by atoms with Gasteiger partial charge in [0.25, 0.3) is 0 Å². The standard InChI is InChI=1S/C13H14Br2F2N2O/c14-9-5-8(18)6-10(15)11(9)19-12(20)7-1-3-13(16,17)4-2-7/h5-7H,1-4,18H2,(H,19,20). The Bertz CT molecular complexity index is 504. The van der Waals surface area contributed by atoms with Crippen LogP contribution >= 0.6 is 31.9 Å². The first kappa shape index (κ1) is 15.7. The first-order valence-corrected chi connectivity index (χ1v) is 7.80. The fraction of sp³-hybridized carbons (Fsp3) is 0.462. The van der Waals surface area contributed by atoms with Crippen molar-refractivity contribution in [1.82, 2.24) is 0 Å². The largest absolute Gasteiger partial charge is 0.399 e. The van der Waals surface area contributed by atoms with E-state index in [1.54, 1.807) is 12.1 Å². The molecule has 20 heavy (non-hydrogen) atoms. The number of amides is 1. The van der Waals surface area contributed by atoms with Gasteiger partial charge in [-0.05, 0) is 56.8 Å². The van der Waals surface area contributed by atoms with Gasteiger partial charge >= 0.3 is 0 Å². The molecular weight excluding hydrogens is 398 g/mol. The van der Waals surface area contributed by atoms with E-state index in [1.807, 2.05) is 0 Å². The van der Waals surface area contributed by atoms with Crippen LogP contribution < -0.4 is 11.1 Å². The number of nitrogens with two attached hydrogens (primary N) is 1. The second kappa shape index (κ2) is 5.97. The number of halogens is 4. The number of hydrogen-bond donors (Lipinski definition) is 2. The number of alkyl halides is 2. The van der Waals surface area contributed by atoms with Crippen LogP contribution in [0.5, 0.6) is 0 Å². The summed E-state index contributed by atoms with van der Waals surface area (Å²) < 4.78 is 27.5. The minimum Gasteiger partial charge on any atom is -0.399 e. The Kier molecular flexibility index (Phi) is 4.69. The number of nitrogen functional groups attached to an aromatic ring is 1. The summed E-state index contributed by atoms with van der Waals surface area (Å²) in [5.74, 6) is -3.23. The molecule has 1 aromatic rings. The molecule has 7 heteroatoms. The number of nitrogens with one attached hydrogen (secondary N) is 1. The summed E-state index contributed by atoms with van der Waals surface area (Å²) in [7, 11) is 0. The van der Waals surface area contributed by atoms with Crippen LogP contribution in [0.3, 0.4) is 0 Å². The lowest BCUT2D eigenvalue weighted by atomic mass is 9.86. The molecule has 0 aromatic heterocycles. The molecule has 0 radical (unpaired) electrons. The number of carbonyl (C=O) groups is 1. The molecule has 0 unspecified atom stereocenters. The summed E-state index contributed by atoms with van der Waals surface area (Å²) in [6, 6.07) is 3.35. The summed E-state index contributed by atoms with van der Waals surface area (Å²) >= 11 is 6.65. The van der Waals surface area contributed by atoms with Crippen LogP contribution in [0.25, 0.3) is 0 Å². The van der Waals surface area contributed by atoms with Gasteiger partial charge in [-0.15, -0.1) is 0 Å². The molecule has 3 N–H and O–H groups in total. The van der Waals surface area contributed by atoms with Gasteiger partial charge in [0.1, 0.15) is 0 Å². The fourth-order valence-electron chi connectivity index (χ4n) is 2.24. The molecule has 3 nitrogen and oxygen atoms in total. The molecule has 1 aliphatic rings. The van der Waals surface area contributed by atoms with Crippen LogP contribution in [0.4, 0.5) is 20.2 Å². The van der Waals surface area contributed by atoms with E-state index < -0.39 is 5.92 Å². The van der Waals surface area contributed by atoms with Crippen LogP contribution in [-0.2, 0) is 4.79 Å². The van der Waals surface area contributed by atoms with Crippen molar-refractivity contribution in [2.24, 2.45) is 5.92 Å². The zero-order valence-corrected chi connectivity index (χ0v) is 13.7. The molecule has 0 saturated heterocycles. The highest BCUT2D eigenvalue weighted by Gasteiger charge is 2.37. The van der Waals surface area contributed by atoms with E-state index in [2.05, 4.69) is 37.2 Å². The van der Waals surface area contributed by atoms with Gasteiger partial charge in [0.05, 0.1) is 5.69 Å². The minimum atomic E-state index is -2.63. The molecule has 0 bridgehead atoms. The molecule has 110 valence electrons. The normalized spacial score (nSPS) is 18.8. The highest BCUT2D eigenvalue weighted by molar-refractivity contribution is 9.11. The monoisotopic (exact) mass is 410 g/mol. The maximum Gasteiger partial charge on any atom is 0.248 e. The van der Waals surface area contributed by atoms with Crippen molar-refractivity contribution in [2.75, 3.05) is 11.1 Å². The molecule has 1 aliphatic carbocycles. The topological polar surface area (TPSA) is 55.1 Å². The molecule has 0 atom stereocenters. The quantitative estimate of drug-likeness (QED) is 0.701. The molecule has 1 saturated carbocycles. The van der Waals surface area contributed by atoms with E-state index in [0.717, 1.165) is 0 Å². The third kappa shape index (κ3) is 3.69. The maximum absolute atomic E-state index is 13.1. The second-order valence-corrected chi connectivity index (χ2v) is 6.69. The first-order chi connectivity index (χ1) is 9.28. The van der Waals surface area contributed by atoms with Crippen LogP contribution in [0.2, 0.25) is 0 Å². The number of benzene rings is 1. The number of anilines is 2. The van der Waals surface area contributed by atoms with Crippen molar-refractivity contribution in [1.29, 1.82) is 0 Å². The molecule has 1 fully saturated rings. The second-order valence-electron chi connectivity index (χ2n) is 4.98. The maximum atomic E-state index is 13.1. The highest BCUT2D eigenvalue weighted by Crippen LogP contribution is 2.38. The lowest BCUT2D eigenvalue weighted by molar-refractivity contribution is -0.124. The predicted molar refractivity (Wildman–Crippen MR) is 81.8 cm³/mol. The summed E-state index contributed by atoms with van der Waals surface area (Å²) in [6.07, 6.45) is -0.0313. The van der Waals surface area contributed by atoms with Gasteiger partial charge in [0, 0.05) is 33.4 Å². The Morgan fingerprint density at radius 1 is 1.25 bits per heavy atom. The Morgan fingerprint density at radius 3 is 2.25 bits per heavy atom. The third-order valence-corrected chi connectivity index (χ3v) is 4.65. The van der Waals surface area contributed by atoms with E-state index in [0.29, 0.717) is 20.3 Å². The van der Waals surface area contributed by atoms with E-state index in [-0.39, 0.29) is 37.5 Å². The van der Waals surface area contributed by atoms with Crippen molar-refractivity contribution in [3.63, 3.8) is 0 Å². The van der Waals surface area contributed by atoms with Gasteiger partial charge in [0.15, 0.2) is 0 Å². The summed E-state index contributed by atoms with van der Waals surface area (Å²) in [6.45, 7) is 0. The van der Waals surface area contributed by atoms with Crippen molar-refractivity contribution in [2.45, 2.75) is 31.6 Å². The molecule has 1 aromatic carbocycles. The van der Waals surface area contributed by atoms with Crippen LogP contribution in [-0.4, -0.2) is 11.8 Å².